The highest BCUT2D eigenvalue weighted by Crippen LogP contribution is 2.00. The van der Waals surface area contributed by atoms with E-state index in [9.17, 15) is 9.59 Å². The summed E-state index contributed by atoms with van der Waals surface area (Å²) >= 11 is 0. The van der Waals surface area contributed by atoms with Crippen LogP contribution in [0.2, 0.25) is 0 Å². The minimum absolute atomic E-state index is 0.0685. The molecule has 0 heterocycles. The summed E-state index contributed by atoms with van der Waals surface area (Å²) in [4.78, 5) is 21.4. The fourth-order valence-corrected chi connectivity index (χ4v) is 1.55. The average molecular weight is 228 g/mol. The third-order valence-electron chi connectivity index (χ3n) is 2.51. The monoisotopic (exact) mass is 228 g/mol. The molecule has 0 radical (unpaired) electrons. The van der Waals surface area contributed by atoms with Crippen LogP contribution < -0.4 is 5.43 Å². The van der Waals surface area contributed by atoms with Crippen LogP contribution in [0.5, 0.6) is 0 Å². The number of hydrogen-bond acceptors (Lipinski definition) is 4. The maximum atomic E-state index is 11.3. The Balaban J connectivity index is 3.76. The SMILES string of the molecule is CCCC(NN(C)CCCCC=O)C(C)=O. The predicted octanol–water partition coefficient (Wildman–Crippen LogP) is 1.55. The Morgan fingerprint density at radius 2 is 2.12 bits per heavy atom. The highest BCUT2D eigenvalue weighted by Gasteiger charge is 2.13. The van der Waals surface area contributed by atoms with Gasteiger partial charge in [0.2, 0.25) is 0 Å². The van der Waals surface area contributed by atoms with E-state index in [2.05, 4.69) is 12.3 Å². The lowest BCUT2D eigenvalue weighted by atomic mass is 10.1. The normalized spacial score (nSPS) is 12.8. The van der Waals surface area contributed by atoms with Gasteiger partial charge in [-0.25, -0.2) is 10.4 Å². The molecule has 1 atom stereocenters. The zero-order chi connectivity index (χ0) is 12.4. The molecule has 0 aliphatic heterocycles. The summed E-state index contributed by atoms with van der Waals surface area (Å²) in [5.74, 6) is 0.182. The van der Waals surface area contributed by atoms with Crippen molar-refractivity contribution in [3.8, 4) is 0 Å². The Morgan fingerprint density at radius 1 is 1.44 bits per heavy atom. The molecule has 0 saturated heterocycles. The highest BCUT2D eigenvalue weighted by atomic mass is 16.1. The topological polar surface area (TPSA) is 49.4 Å². The first-order chi connectivity index (χ1) is 7.61. The van der Waals surface area contributed by atoms with Crippen molar-refractivity contribution < 1.29 is 9.59 Å². The summed E-state index contributed by atoms with van der Waals surface area (Å²) in [6.07, 6.45) is 5.32. The molecule has 94 valence electrons. The molecule has 1 unspecified atom stereocenters. The van der Waals surface area contributed by atoms with Crippen LogP contribution in [-0.2, 0) is 9.59 Å². The summed E-state index contributed by atoms with van der Waals surface area (Å²) in [6.45, 7) is 4.55. The fourth-order valence-electron chi connectivity index (χ4n) is 1.55. The first kappa shape index (κ1) is 15.3. The van der Waals surface area contributed by atoms with Crippen molar-refractivity contribution in [2.75, 3.05) is 13.6 Å². The maximum absolute atomic E-state index is 11.3. The van der Waals surface area contributed by atoms with Gasteiger partial charge in [0.1, 0.15) is 12.1 Å². The number of hydrazine groups is 1. The van der Waals surface area contributed by atoms with Gasteiger partial charge in [0, 0.05) is 20.0 Å². The summed E-state index contributed by atoms with van der Waals surface area (Å²) in [7, 11) is 1.94. The van der Waals surface area contributed by atoms with E-state index in [1.807, 2.05) is 12.1 Å². The van der Waals surface area contributed by atoms with Gasteiger partial charge in [0.15, 0.2) is 0 Å². The average Bonchev–Trinajstić information content (AvgIpc) is 2.23. The van der Waals surface area contributed by atoms with Crippen molar-refractivity contribution in [1.82, 2.24) is 10.4 Å². The third-order valence-corrected chi connectivity index (χ3v) is 2.51. The number of rotatable bonds is 10. The molecular formula is C12H24N2O2. The molecule has 0 aromatic heterocycles. The van der Waals surface area contributed by atoms with Gasteiger partial charge in [-0.1, -0.05) is 13.3 Å². The molecule has 0 aliphatic rings. The smallest absolute Gasteiger partial charge is 0.148 e. The molecule has 0 bridgehead atoms. The van der Waals surface area contributed by atoms with Crippen LogP contribution >= 0.6 is 0 Å². The van der Waals surface area contributed by atoms with Crippen molar-refractivity contribution in [2.24, 2.45) is 0 Å². The van der Waals surface area contributed by atoms with Gasteiger partial charge in [-0.3, -0.25) is 4.79 Å². The summed E-state index contributed by atoms with van der Waals surface area (Å²) in [6, 6.07) is -0.0685. The molecule has 0 amide bonds. The zero-order valence-electron chi connectivity index (χ0n) is 10.7. The Bertz CT molecular complexity index is 207. The van der Waals surface area contributed by atoms with Crippen LogP contribution in [0.15, 0.2) is 0 Å². The summed E-state index contributed by atoms with van der Waals surface area (Å²) in [5, 5.41) is 1.95. The molecule has 1 N–H and O–H groups in total. The van der Waals surface area contributed by atoms with E-state index in [1.54, 1.807) is 6.92 Å². The second-order valence-corrected chi connectivity index (χ2v) is 4.17. The molecule has 4 nitrogen and oxygen atoms in total. The molecule has 16 heavy (non-hydrogen) atoms. The Labute approximate surface area is 98.4 Å². The Hall–Kier alpha value is -0.740. The van der Waals surface area contributed by atoms with Crippen molar-refractivity contribution in [2.45, 2.75) is 52.0 Å². The second kappa shape index (κ2) is 9.48. The number of nitrogens with zero attached hydrogens (tertiary/aromatic N) is 1. The lowest BCUT2D eigenvalue weighted by Crippen LogP contribution is -2.46. The summed E-state index contributed by atoms with van der Waals surface area (Å²) < 4.78 is 0. The fraction of sp³-hybridized carbons (Fsp3) is 0.833. The Morgan fingerprint density at radius 3 is 2.62 bits per heavy atom. The van der Waals surface area contributed by atoms with Crippen molar-refractivity contribution in [3.63, 3.8) is 0 Å². The Kier molecular flexibility index (Phi) is 9.04. The van der Waals surface area contributed by atoms with Gasteiger partial charge >= 0.3 is 0 Å². The van der Waals surface area contributed by atoms with Crippen LogP contribution in [0, 0.1) is 0 Å². The van der Waals surface area contributed by atoms with Gasteiger partial charge in [0.25, 0.3) is 0 Å². The maximum Gasteiger partial charge on any atom is 0.148 e. The standard InChI is InChI=1S/C12H24N2O2/c1-4-8-12(11(2)16)13-14(3)9-6-5-7-10-15/h10,12-13H,4-9H2,1-3H3. The van der Waals surface area contributed by atoms with E-state index >= 15 is 0 Å². The molecule has 0 aliphatic carbocycles. The zero-order valence-corrected chi connectivity index (χ0v) is 10.7. The number of nitrogens with one attached hydrogen (secondary N) is 1. The third kappa shape index (κ3) is 7.54. The van der Waals surface area contributed by atoms with Crippen molar-refractivity contribution in [1.29, 1.82) is 0 Å². The lowest BCUT2D eigenvalue weighted by Gasteiger charge is -2.23. The van der Waals surface area contributed by atoms with Crippen LogP contribution in [-0.4, -0.2) is 36.7 Å². The van der Waals surface area contributed by atoms with E-state index in [4.69, 9.17) is 0 Å². The number of unbranched alkanes of at least 4 members (excludes halogenated alkanes) is 2. The van der Waals surface area contributed by atoms with E-state index in [-0.39, 0.29) is 11.8 Å². The van der Waals surface area contributed by atoms with E-state index in [0.29, 0.717) is 6.42 Å². The second-order valence-electron chi connectivity index (χ2n) is 4.17. The van der Waals surface area contributed by atoms with Crippen molar-refractivity contribution in [3.05, 3.63) is 0 Å². The molecule has 0 aromatic rings. The molecule has 4 heteroatoms. The summed E-state index contributed by atoms with van der Waals surface area (Å²) in [5.41, 5.74) is 3.19. The molecule has 0 aromatic carbocycles. The number of aldehydes is 1. The van der Waals surface area contributed by atoms with Crippen LogP contribution in [0.4, 0.5) is 0 Å². The van der Waals surface area contributed by atoms with E-state index in [1.165, 1.54) is 0 Å². The number of carbonyl (C=O) groups is 2. The lowest BCUT2D eigenvalue weighted by molar-refractivity contribution is -0.120. The highest BCUT2D eigenvalue weighted by molar-refractivity contribution is 5.81. The number of carbonyl (C=O) groups excluding carboxylic acids is 2. The van der Waals surface area contributed by atoms with Gasteiger partial charge in [-0.2, -0.15) is 0 Å². The van der Waals surface area contributed by atoms with Crippen LogP contribution in [0.25, 0.3) is 0 Å². The number of hydrogen-bond donors (Lipinski definition) is 1. The number of Topliss-reactive ketones (excluding diaryl/α,β-unsaturated/α-hetero) is 1. The minimum atomic E-state index is -0.0685. The van der Waals surface area contributed by atoms with E-state index in [0.717, 1.165) is 38.5 Å². The first-order valence-corrected chi connectivity index (χ1v) is 6.03. The van der Waals surface area contributed by atoms with E-state index < -0.39 is 0 Å². The van der Waals surface area contributed by atoms with Gasteiger partial charge in [-0.05, 0) is 26.2 Å². The van der Waals surface area contributed by atoms with Gasteiger partial charge < -0.3 is 4.79 Å². The molecule has 0 spiro atoms. The van der Waals surface area contributed by atoms with Crippen LogP contribution in [0.3, 0.4) is 0 Å². The molecular weight excluding hydrogens is 204 g/mol. The predicted molar refractivity (Wildman–Crippen MR) is 65.1 cm³/mol. The van der Waals surface area contributed by atoms with Gasteiger partial charge in [-0.15, -0.1) is 0 Å². The number of ketones is 1. The van der Waals surface area contributed by atoms with Crippen LogP contribution in [0.1, 0.15) is 46.0 Å². The molecule has 0 fully saturated rings. The quantitative estimate of drug-likeness (QED) is 0.350. The minimum Gasteiger partial charge on any atom is -0.303 e. The first-order valence-electron chi connectivity index (χ1n) is 6.03. The molecule has 0 rings (SSSR count). The van der Waals surface area contributed by atoms with Gasteiger partial charge in [0.05, 0.1) is 6.04 Å². The largest absolute Gasteiger partial charge is 0.303 e. The van der Waals surface area contributed by atoms with Crippen molar-refractivity contribution >= 4 is 12.1 Å². The molecule has 0 saturated carbocycles.